The van der Waals surface area contributed by atoms with E-state index >= 15 is 0 Å². The number of rotatable bonds is 9. The fourth-order valence-corrected chi connectivity index (χ4v) is 6.82. The monoisotopic (exact) mass is 527 g/mol. The molecule has 4 rings (SSSR count). The van der Waals surface area contributed by atoms with E-state index in [0.29, 0.717) is 25.3 Å². The van der Waals surface area contributed by atoms with Crippen LogP contribution >= 0.6 is 0 Å². The summed E-state index contributed by atoms with van der Waals surface area (Å²) < 4.78 is 33.3. The number of nitrogens with one attached hydrogen (secondary N) is 1. The normalized spacial score (nSPS) is 18.4. The molecule has 0 bridgehead atoms. The molecule has 2 aromatic rings. The second-order valence-corrected chi connectivity index (χ2v) is 12.4. The summed E-state index contributed by atoms with van der Waals surface area (Å²) in [5.74, 6) is 1.32. The van der Waals surface area contributed by atoms with E-state index in [9.17, 15) is 13.2 Å². The summed E-state index contributed by atoms with van der Waals surface area (Å²) in [6.07, 6.45) is 5.95. The number of aryl methyl sites for hydroxylation is 1. The van der Waals surface area contributed by atoms with Crippen LogP contribution in [-0.4, -0.2) is 51.9 Å². The van der Waals surface area contributed by atoms with Crippen LogP contribution in [0, 0.1) is 5.92 Å². The van der Waals surface area contributed by atoms with Gasteiger partial charge in [0, 0.05) is 38.3 Å². The number of ether oxygens (including phenoxy) is 1. The van der Waals surface area contributed by atoms with Crippen molar-refractivity contribution in [1.82, 2.24) is 9.62 Å². The van der Waals surface area contributed by atoms with Gasteiger partial charge in [-0.25, -0.2) is 8.42 Å². The minimum Gasteiger partial charge on any atom is -0.496 e. The maximum atomic E-state index is 13.1. The van der Waals surface area contributed by atoms with E-state index < -0.39 is 10.0 Å². The van der Waals surface area contributed by atoms with Crippen molar-refractivity contribution >= 4 is 21.6 Å². The van der Waals surface area contributed by atoms with Crippen LogP contribution in [0.4, 0.5) is 5.69 Å². The van der Waals surface area contributed by atoms with E-state index in [1.54, 1.807) is 29.6 Å². The lowest BCUT2D eigenvalue weighted by molar-refractivity contribution is -0.121. The highest BCUT2D eigenvalue weighted by atomic mass is 32.2. The number of amides is 1. The van der Waals surface area contributed by atoms with Gasteiger partial charge in [-0.1, -0.05) is 25.5 Å². The highest BCUT2D eigenvalue weighted by molar-refractivity contribution is 7.89. The van der Waals surface area contributed by atoms with Crippen molar-refractivity contribution in [2.75, 3.05) is 38.2 Å². The lowest BCUT2D eigenvalue weighted by Gasteiger charge is -2.32. The molecule has 1 N–H and O–H groups in total. The third kappa shape index (κ3) is 6.85. The Morgan fingerprint density at radius 2 is 1.70 bits per heavy atom. The number of benzene rings is 2. The average molecular weight is 528 g/mol. The molecule has 0 aromatic heterocycles. The van der Waals surface area contributed by atoms with E-state index in [2.05, 4.69) is 41.4 Å². The van der Waals surface area contributed by atoms with E-state index in [4.69, 9.17) is 4.74 Å². The number of sulfonamides is 1. The zero-order valence-corrected chi connectivity index (χ0v) is 23.2. The average Bonchev–Trinajstić information content (AvgIpc) is 2.92. The van der Waals surface area contributed by atoms with Gasteiger partial charge < -0.3 is 15.0 Å². The first-order chi connectivity index (χ1) is 17.8. The summed E-state index contributed by atoms with van der Waals surface area (Å²) in [6.45, 7) is 7.61. The van der Waals surface area contributed by atoms with Gasteiger partial charge >= 0.3 is 0 Å². The Labute approximate surface area is 222 Å². The molecule has 0 aliphatic carbocycles. The molecule has 7 nitrogen and oxygen atoms in total. The summed E-state index contributed by atoms with van der Waals surface area (Å²) in [5, 5.41) is 3.09. The van der Waals surface area contributed by atoms with E-state index in [0.717, 1.165) is 49.4 Å². The molecule has 2 aromatic carbocycles. The Morgan fingerprint density at radius 3 is 2.35 bits per heavy atom. The second-order valence-electron chi connectivity index (χ2n) is 10.5. The molecule has 0 radical (unpaired) electrons. The first-order valence-electron chi connectivity index (χ1n) is 13.6. The number of methoxy groups -OCH3 is 1. The Kier molecular flexibility index (Phi) is 9.13. The van der Waals surface area contributed by atoms with E-state index in [1.165, 1.54) is 18.5 Å². The van der Waals surface area contributed by atoms with E-state index in [-0.39, 0.29) is 23.3 Å². The summed E-state index contributed by atoms with van der Waals surface area (Å²) in [4.78, 5) is 15.5. The zero-order chi connectivity index (χ0) is 26.4. The molecule has 0 saturated carbocycles. The molecule has 1 atom stereocenters. The van der Waals surface area contributed by atoms with Crippen LogP contribution in [0.1, 0.15) is 69.5 Å². The van der Waals surface area contributed by atoms with Gasteiger partial charge in [0.1, 0.15) is 5.75 Å². The summed E-state index contributed by atoms with van der Waals surface area (Å²) in [5.41, 5.74) is 3.03. The Hall–Kier alpha value is -2.58. The number of carbonyl (C=O) groups is 1. The standard InChI is InChI=1S/C29H41N3O4S/c1-22-15-19-31(20-16-22)26-10-7-24(8-11-26)23(2)30-29(33)14-9-25-21-27(12-13-28(25)36-3)37(34,35)32-17-5-4-6-18-32/h7-8,10-13,21-23H,4-6,9,14-20H2,1-3H3,(H,30,33)/t23-/m0/s1. The quantitative estimate of drug-likeness (QED) is 0.501. The predicted octanol–water partition coefficient (Wildman–Crippen LogP) is 4.92. The second kappa shape index (κ2) is 12.3. The molecule has 2 aliphatic rings. The topological polar surface area (TPSA) is 79.0 Å². The van der Waals surface area contributed by atoms with Crippen LogP contribution < -0.4 is 15.0 Å². The summed E-state index contributed by atoms with van der Waals surface area (Å²) >= 11 is 0. The number of carbonyl (C=O) groups excluding carboxylic acids is 1. The molecule has 202 valence electrons. The molecule has 8 heteroatoms. The van der Waals surface area contributed by atoms with Crippen LogP contribution in [0.3, 0.4) is 0 Å². The van der Waals surface area contributed by atoms with Gasteiger partial charge in [0.2, 0.25) is 15.9 Å². The zero-order valence-electron chi connectivity index (χ0n) is 22.4. The molecule has 0 spiro atoms. The Balaban J connectivity index is 1.35. The largest absolute Gasteiger partial charge is 0.496 e. The van der Waals surface area contributed by atoms with Crippen LogP contribution in [-0.2, 0) is 21.2 Å². The Morgan fingerprint density at radius 1 is 1.03 bits per heavy atom. The van der Waals surface area contributed by atoms with Crippen molar-refractivity contribution in [2.45, 2.75) is 69.7 Å². The molecule has 2 heterocycles. The van der Waals surface area contributed by atoms with Crippen molar-refractivity contribution in [3.63, 3.8) is 0 Å². The minimum atomic E-state index is -3.54. The summed E-state index contributed by atoms with van der Waals surface area (Å²) in [6, 6.07) is 13.3. The maximum absolute atomic E-state index is 13.1. The molecular formula is C29H41N3O4S. The number of piperidine rings is 2. The predicted molar refractivity (Wildman–Crippen MR) is 148 cm³/mol. The fourth-order valence-electron chi connectivity index (χ4n) is 5.25. The van der Waals surface area contributed by atoms with Crippen molar-refractivity contribution in [1.29, 1.82) is 0 Å². The number of hydrogen-bond donors (Lipinski definition) is 1. The molecule has 2 aliphatic heterocycles. The van der Waals surface area contributed by atoms with Gasteiger partial charge in [0.05, 0.1) is 18.0 Å². The van der Waals surface area contributed by atoms with Gasteiger partial charge in [0.25, 0.3) is 0 Å². The molecule has 37 heavy (non-hydrogen) atoms. The van der Waals surface area contributed by atoms with Crippen LogP contribution in [0.15, 0.2) is 47.4 Å². The highest BCUT2D eigenvalue weighted by Gasteiger charge is 2.27. The van der Waals surface area contributed by atoms with E-state index in [1.807, 2.05) is 6.92 Å². The minimum absolute atomic E-state index is 0.0760. The molecule has 2 saturated heterocycles. The first kappa shape index (κ1) is 27.5. The maximum Gasteiger partial charge on any atom is 0.243 e. The van der Waals surface area contributed by atoms with Crippen LogP contribution in [0.5, 0.6) is 5.75 Å². The first-order valence-corrected chi connectivity index (χ1v) is 15.0. The van der Waals surface area contributed by atoms with Crippen molar-refractivity contribution in [3.05, 3.63) is 53.6 Å². The molecule has 1 amide bonds. The number of anilines is 1. The van der Waals surface area contributed by atoms with Gasteiger partial charge in [-0.15, -0.1) is 0 Å². The van der Waals surface area contributed by atoms with Gasteiger partial charge in [-0.05, 0) is 86.4 Å². The third-order valence-electron chi connectivity index (χ3n) is 7.75. The number of hydrogen-bond acceptors (Lipinski definition) is 5. The molecule has 2 fully saturated rings. The fraction of sp³-hybridized carbons (Fsp3) is 0.552. The van der Waals surface area contributed by atoms with Crippen molar-refractivity contribution in [3.8, 4) is 5.75 Å². The van der Waals surface area contributed by atoms with Crippen LogP contribution in [0.25, 0.3) is 0 Å². The highest BCUT2D eigenvalue weighted by Crippen LogP contribution is 2.28. The van der Waals surface area contributed by atoms with Gasteiger partial charge in [0.15, 0.2) is 0 Å². The van der Waals surface area contributed by atoms with Crippen LogP contribution in [0.2, 0.25) is 0 Å². The Bertz CT molecular complexity index is 1150. The SMILES string of the molecule is COc1ccc(S(=O)(=O)N2CCCCC2)cc1CCC(=O)N[C@@H](C)c1ccc(N2CCC(C)CC2)cc1. The lowest BCUT2D eigenvalue weighted by atomic mass is 9.98. The third-order valence-corrected chi connectivity index (χ3v) is 9.64. The van der Waals surface area contributed by atoms with Gasteiger partial charge in [-0.2, -0.15) is 4.31 Å². The smallest absolute Gasteiger partial charge is 0.243 e. The molecule has 0 unspecified atom stereocenters. The van der Waals surface area contributed by atoms with Crippen molar-refractivity contribution in [2.24, 2.45) is 5.92 Å². The number of nitrogens with zero attached hydrogens (tertiary/aromatic N) is 2. The van der Waals surface area contributed by atoms with Crippen molar-refractivity contribution < 1.29 is 17.9 Å². The molecular weight excluding hydrogens is 486 g/mol. The van der Waals surface area contributed by atoms with Gasteiger partial charge in [-0.3, -0.25) is 4.79 Å². The lowest BCUT2D eigenvalue weighted by Crippen LogP contribution is -2.35. The summed E-state index contributed by atoms with van der Waals surface area (Å²) in [7, 11) is -1.98.